The maximum absolute atomic E-state index is 12.8. The largest absolute Gasteiger partial charge is 0.488 e. The molecular weight excluding hydrogens is 400 g/mol. The number of para-hydroxylation sites is 1. The molecule has 4 rings (SSSR count). The Balaban J connectivity index is 1.63. The predicted octanol–water partition coefficient (Wildman–Crippen LogP) is 4.69. The first-order valence-corrected chi connectivity index (χ1v) is 9.80. The second kappa shape index (κ2) is 8.43. The van der Waals surface area contributed by atoms with E-state index in [0.717, 1.165) is 11.1 Å². The van der Waals surface area contributed by atoms with Gasteiger partial charge >= 0.3 is 0 Å². The van der Waals surface area contributed by atoms with E-state index >= 15 is 0 Å². The van der Waals surface area contributed by atoms with Gasteiger partial charge in [0.15, 0.2) is 0 Å². The smallest absolute Gasteiger partial charge is 0.282 e. The van der Waals surface area contributed by atoms with Crippen LogP contribution in [0.2, 0.25) is 5.02 Å². The Labute approximate surface area is 179 Å². The third kappa shape index (κ3) is 4.07. The summed E-state index contributed by atoms with van der Waals surface area (Å²) in [7, 11) is 0. The van der Waals surface area contributed by atoms with Crippen molar-refractivity contribution in [1.29, 1.82) is 0 Å². The maximum Gasteiger partial charge on any atom is 0.282 e. The van der Waals surface area contributed by atoms with Crippen LogP contribution < -0.4 is 15.2 Å². The molecule has 30 heavy (non-hydrogen) atoms. The van der Waals surface area contributed by atoms with Gasteiger partial charge in [0.2, 0.25) is 0 Å². The zero-order chi connectivity index (χ0) is 21.1. The number of hydrogen-bond acceptors (Lipinski definition) is 3. The number of nitrogens with zero attached hydrogens (tertiary/aromatic N) is 1. The van der Waals surface area contributed by atoms with E-state index in [0.29, 0.717) is 28.6 Å². The summed E-state index contributed by atoms with van der Waals surface area (Å²) in [6, 6.07) is 22.0. The van der Waals surface area contributed by atoms with Gasteiger partial charge in [-0.05, 0) is 54.5 Å². The minimum absolute atomic E-state index is 0.0156. The van der Waals surface area contributed by atoms with Crippen molar-refractivity contribution in [3.8, 4) is 5.75 Å². The molecule has 1 aliphatic rings. The molecule has 1 saturated heterocycles. The van der Waals surface area contributed by atoms with Gasteiger partial charge in [0.05, 0.1) is 5.69 Å². The van der Waals surface area contributed by atoms with Crippen LogP contribution in [0.25, 0.3) is 6.08 Å². The molecule has 6 heteroatoms. The summed E-state index contributed by atoms with van der Waals surface area (Å²) in [4.78, 5) is 25.3. The Morgan fingerprint density at radius 2 is 1.73 bits per heavy atom. The fourth-order valence-electron chi connectivity index (χ4n) is 3.16. The van der Waals surface area contributed by atoms with E-state index < -0.39 is 11.8 Å². The van der Waals surface area contributed by atoms with Crippen molar-refractivity contribution < 1.29 is 14.3 Å². The van der Waals surface area contributed by atoms with Crippen molar-refractivity contribution in [2.75, 3.05) is 5.01 Å². The third-order valence-corrected chi connectivity index (χ3v) is 5.06. The van der Waals surface area contributed by atoms with E-state index in [4.69, 9.17) is 16.3 Å². The molecule has 0 unspecified atom stereocenters. The lowest BCUT2D eigenvalue weighted by atomic mass is 10.1. The highest BCUT2D eigenvalue weighted by atomic mass is 35.5. The molecule has 0 bridgehead atoms. The van der Waals surface area contributed by atoms with Crippen LogP contribution >= 0.6 is 11.6 Å². The molecule has 0 radical (unpaired) electrons. The van der Waals surface area contributed by atoms with Crippen LogP contribution in [0.5, 0.6) is 5.75 Å². The van der Waals surface area contributed by atoms with Gasteiger partial charge in [-0.15, -0.1) is 0 Å². The summed E-state index contributed by atoms with van der Waals surface area (Å²) < 4.78 is 5.99. The molecule has 0 aromatic heterocycles. The fourth-order valence-corrected chi connectivity index (χ4v) is 3.34. The molecule has 1 fully saturated rings. The van der Waals surface area contributed by atoms with Gasteiger partial charge in [-0.1, -0.05) is 54.1 Å². The third-order valence-electron chi connectivity index (χ3n) is 4.82. The van der Waals surface area contributed by atoms with E-state index in [1.165, 1.54) is 11.1 Å². The van der Waals surface area contributed by atoms with Gasteiger partial charge in [-0.25, -0.2) is 5.01 Å². The minimum Gasteiger partial charge on any atom is -0.488 e. The van der Waals surface area contributed by atoms with Gasteiger partial charge in [0.1, 0.15) is 17.9 Å². The highest BCUT2D eigenvalue weighted by Crippen LogP contribution is 2.28. The SMILES string of the molecule is Cc1ccccc1COc1ccc(Cl)cc1/C=C1/C(=O)NN(c2ccccc2)C1=O. The van der Waals surface area contributed by atoms with E-state index in [1.807, 2.05) is 37.3 Å². The van der Waals surface area contributed by atoms with Crippen LogP contribution in [0.4, 0.5) is 5.69 Å². The summed E-state index contributed by atoms with van der Waals surface area (Å²) >= 11 is 6.16. The van der Waals surface area contributed by atoms with Gasteiger partial charge in [-0.2, -0.15) is 0 Å². The van der Waals surface area contributed by atoms with E-state index in [9.17, 15) is 9.59 Å². The zero-order valence-corrected chi connectivity index (χ0v) is 17.0. The standard InChI is InChI=1S/C24H19ClN2O3/c1-16-7-5-6-8-17(16)15-30-22-12-11-19(25)13-18(22)14-21-23(28)26-27(24(21)29)20-9-3-2-4-10-20/h2-14H,15H2,1H3,(H,26,28)/b21-14-. The molecule has 1 heterocycles. The molecule has 0 saturated carbocycles. The average molecular weight is 419 g/mol. The number of ether oxygens (including phenoxy) is 1. The van der Waals surface area contributed by atoms with E-state index in [-0.39, 0.29) is 5.57 Å². The maximum atomic E-state index is 12.8. The second-order valence-corrected chi connectivity index (χ2v) is 7.31. The summed E-state index contributed by atoms with van der Waals surface area (Å²) in [5, 5.41) is 1.71. The topological polar surface area (TPSA) is 58.6 Å². The summed E-state index contributed by atoms with van der Waals surface area (Å²) in [5.74, 6) is -0.376. The molecule has 0 aliphatic carbocycles. The molecule has 1 N–H and O–H groups in total. The lowest BCUT2D eigenvalue weighted by Crippen LogP contribution is -2.35. The van der Waals surface area contributed by atoms with E-state index in [1.54, 1.807) is 42.5 Å². The lowest BCUT2D eigenvalue weighted by molar-refractivity contribution is -0.117. The number of nitrogens with one attached hydrogen (secondary N) is 1. The number of halogens is 1. The Kier molecular flexibility index (Phi) is 5.55. The summed E-state index contributed by atoms with van der Waals surface area (Å²) in [5.41, 5.74) is 5.92. The lowest BCUT2D eigenvalue weighted by Gasteiger charge is -2.14. The van der Waals surface area contributed by atoms with Crippen molar-refractivity contribution in [3.63, 3.8) is 0 Å². The van der Waals surface area contributed by atoms with Crippen LogP contribution in [-0.4, -0.2) is 11.8 Å². The number of anilines is 1. The Bertz CT molecular complexity index is 1140. The molecule has 3 aromatic rings. The quantitative estimate of drug-likeness (QED) is 0.483. The number of carbonyl (C=O) groups is 2. The van der Waals surface area contributed by atoms with Crippen molar-refractivity contribution in [2.24, 2.45) is 0 Å². The molecule has 0 spiro atoms. The highest BCUT2D eigenvalue weighted by molar-refractivity contribution is 6.32. The van der Waals surface area contributed by atoms with Crippen molar-refractivity contribution in [2.45, 2.75) is 13.5 Å². The molecule has 1 aliphatic heterocycles. The minimum atomic E-state index is -0.478. The molecule has 5 nitrogen and oxygen atoms in total. The monoisotopic (exact) mass is 418 g/mol. The second-order valence-electron chi connectivity index (χ2n) is 6.87. The number of carbonyl (C=O) groups excluding carboxylic acids is 2. The number of amides is 2. The highest BCUT2D eigenvalue weighted by Gasteiger charge is 2.34. The van der Waals surface area contributed by atoms with Crippen LogP contribution in [0.1, 0.15) is 16.7 Å². The fraction of sp³-hybridized carbons (Fsp3) is 0.0833. The van der Waals surface area contributed by atoms with Crippen LogP contribution in [0, 0.1) is 6.92 Å². The normalized spacial score (nSPS) is 14.9. The predicted molar refractivity (Wildman–Crippen MR) is 117 cm³/mol. The number of hydrogen-bond donors (Lipinski definition) is 1. The van der Waals surface area contributed by atoms with Crippen LogP contribution in [0.15, 0.2) is 78.4 Å². The number of benzene rings is 3. The van der Waals surface area contributed by atoms with Crippen molar-refractivity contribution in [1.82, 2.24) is 5.43 Å². The number of hydrazine groups is 1. The molecular formula is C24H19ClN2O3. The Morgan fingerprint density at radius 3 is 2.50 bits per heavy atom. The van der Waals surface area contributed by atoms with Crippen molar-refractivity contribution in [3.05, 3.63) is 100 Å². The molecule has 0 atom stereocenters. The van der Waals surface area contributed by atoms with Gasteiger partial charge < -0.3 is 4.74 Å². The molecule has 150 valence electrons. The average Bonchev–Trinajstić information content (AvgIpc) is 3.03. The van der Waals surface area contributed by atoms with Gasteiger partial charge in [-0.3, -0.25) is 15.0 Å². The summed E-state index contributed by atoms with van der Waals surface area (Å²) in [6.07, 6.45) is 1.51. The van der Waals surface area contributed by atoms with E-state index in [2.05, 4.69) is 5.43 Å². The Hall–Kier alpha value is -3.57. The number of rotatable bonds is 5. The number of aryl methyl sites for hydroxylation is 1. The van der Waals surface area contributed by atoms with Gasteiger partial charge in [0, 0.05) is 10.6 Å². The Morgan fingerprint density at radius 1 is 1.00 bits per heavy atom. The van der Waals surface area contributed by atoms with Gasteiger partial charge in [0.25, 0.3) is 11.8 Å². The van der Waals surface area contributed by atoms with Crippen LogP contribution in [0.3, 0.4) is 0 Å². The zero-order valence-electron chi connectivity index (χ0n) is 16.3. The summed E-state index contributed by atoms with van der Waals surface area (Å²) in [6.45, 7) is 2.38. The van der Waals surface area contributed by atoms with Crippen molar-refractivity contribution >= 4 is 35.2 Å². The first-order valence-electron chi connectivity index (χ1n) is 9.42. The van der Waals surface area contributed by atoms with Crippen LogP contribution in [-0.2, 0) is 16.2 Å². The first kappa shape index (κ1) is 19.7. The first-order chi connectivity index (χ1) is 14.5. The molecule has 3 aromatic carbocycles. The molecule has 2 amide bonds.